The SMILES string of the molecule is CC(=O)C1=CC=C(C(=O)PN)C1. The van der Waals surface area contributed by atoms with E-state index in [0.717, 1.165) is 0 Å². The largest absolute Gasteiger partial charge is 0.306 e. The van der Waals surface area contributed by atoms with Crippen LogP contribution >= 0.6 is 8.73 Å². The highest BCUT2D eigenvalue weighted by Gasteiger charge is 2.16. The van der Waals surface area contributed by atoms with Crippen molar-refractivity contribution < 1.29 is 9.59 Å². The van der Waals surface area contributed by atoms with Crippen LogP contribution in [0.15, 0.2) is 23.3 Å². The maximum Gasteiger partial charge on any atom is 0.192 e. The van der Waals surface area contributed by atoms with Crippen molar-refractivity contribution in [2.24, 2.45) is 5.50 Å². The minimum absolute atomic E-state index is 0.0226. The summed E-state index contributed by atoms with van der Waals surface area (Å²) in [7, 11) is -0.203. The van der Waals surface area contributed by atoms with Gasteiger partial charge in [0.2, 0.25) is 0 Å². The third-order valence-electron chi connectivity index (χ3n) is 1.74. The van der Waals surface area contributed by atoms with Gasteiger partial charge in [-0.3, -0.25) is 9.59 Å². The van der Waals surface area contributed by atoms with Gasteiger partial charge in [-0.1, -0.05) is 12.2 Å². The maximum absolute atomic E-state index is 11.1. The molecule has 3 nitrogen and oxygen atoms in total. The van der Waals surface area contributed by atoms with Gasteiger partial charge in [0.15, 0.2) is 11.3 Å². The standard InChI is InChI=1S/C8H10NO2P/c1-5(10)6-2-3-7(4-6)8(11)12-9/h2-3,12H,4,9H2,1H3. The summed E-state index contributed by atoms with van der Waals surface area (Å²) in [6.07, 6.45) is 3.83. The van der Waals surface area contributed by atoms with Gasteiger partial charge in [0, 0.05) is 20.7 Å². The van der Waals surface area contributed by atoms with Crippen LogP contribution in [-0.4, -0.2) is 11.3 Å². The quantitative estimate of drug-likeness (QED) is 0.661. The Morgan fingerprint density at radius 2 is 2.00 bits per heavy atom. The molecule has 0 aromatic rings. The predicted octanol–water partition coefficient (Wildman–Crippen LogP) is 0.911. The van der Waals surface area contributed by atoms with E-state index < -0.39 is 0 Å². The highest BCUT2D eigenvalue weighted by atomic mass is 31.1. The van der Waals surface area contributed by atoms with Crippen molar-refractivity contribution in [1.82, 2.24) is 0 Å². The molecule has 1 unspecified atom stereocenters. The Bertz CT molecular complexity index is 291. The topological polar surface area (TPSA) is 60.2 Å². The summed E-state index contributed by atoms with van der Waals surface area (Å²) in [5.41, 5.74) is 6.49. The fourth-order valence-corrected chi connectivity index (χ4v) is 1.37. The molecule has 0 aliphatic heterocycles. The molecule has 1 atom stereocenters. The second-order valence-corrected chi connectivity index (χ2v) is 3.33. The molecule has 0 aromatic carbocycles. The highest BCUT2D eigenvalue weighted by molar-refractivity contribution is 7.56. The summed E-state index contributed by atoms with van der Waals surface area (Å²) in [6, 6.07) is 0. The van der Waals surface area contributed by atoms with E-state index in [1.165, 1.54) is 6.92 Å². The molecule has 0 amide bonds. The van der Waals surface area contributed by atoms with Gasteiger partial charge in [-0.15, -0.1) is 0 Å². The zero-order chi connectivity index (χ0) is 9.14. The predicted molar refractivity (Wildman–Crippen MR) is 49.0 cm³/mol. The number of carbonyl (C=O) groups excluding carboxylic acids is 2. The first-order chi connectivity index (χ1) is 5.65. The average Bonchev–Trinajstić information content (AvgIpc) is 2.51. The van der Waals surface area contributed by atoms with E-state index >= 15 is 0 Å². The zero-order valence-electron chi connectivity index (χ0n) is 6.76. The number of ketones is 1. The van der Waals surface area contributed by atoms with Gasteiger partial charge in [-0.2, -0.15) is 0 Å². The first kappa shape index (κ1) is 9.30. The van der Waals surface area contributed by atoms with Crippen molar-refractivity contribution in [1.29, 1.82) is 0 Å². The smallest absolute Gasteiger partial charge is 0.192 e. The molecule has 0 saturated carbocycles. The fraction of sp³-hybridized carbons (Fsp3) is 0.250. The van der Waals surface area contributed by atoms with Crippen molar-refractivity contribution in [3.8, 4) is 0 Å². The van der Waals surface area contributed by atoms with Crippen LogP contribution in [0.3, 0.4) is 0 Å². The third kappa shape index (κ3) is 1.87. The molecular formula is C8H10NO2P. The Hall–Kier alpha value is -0.790. The van der Waals surface area contributed by atoms with Crippen molar-refractivity contribution in [3.63, 3.8) is 0 Å². The Balaban J connectivity index is 2.62. The number of rotatable bonds is 3. The Morgan fingerprint density at radius 1 is 1.42 bits per heavy atom. The first-order valence-electron chi connectivity index (χ1n) is 3.56. The molecule has 0 bridgehead atoms. The number of nitrogens with two attached hydrogens (primary N) is 1. The molecular weight excluding hydrogens is 173 g/mol. The van der Waals surface area contributed by atoms with Crippen LogP contribution in [0, 0.1) is 0 Å². The van der Waals surface area contributed by atoms with Gasteiger partial charge in [0.05, 0.1) is 0 Å². The van der Waals surface area contributed by atoms with E-state index in [9.17, 15) is 9.59 Å². The molecule has 2 N–H and O–H groups in total. The monoisotopic (exact) mass is 183 g/mol. The van der Waals surface area contributed by atoms with E-state index in [1.54, 1.807) is 12.2 Å². The zero-order valence-corrected chi connectivity index (χ0v) is 7.76. The molecule has 0 radical (unpaired) electrons. The summed E-state index contributed by atoms with van der Waals surface area (Å²) in [6.45, 7) is 1.50. The highest BCUT2D eigenvalue weighted by Crippen LogP contribution is 2.24. The van der Waals surface area contributed by atoms with Gasteiger partial charge >= 0.3 is 0 Å². The first-order valence-corrected chi connectivity index (χ1v) is 4.64. The van der Waals surface area contributed by atoms with E-state index in [0.29, 0.717) is 17.6 Å². The molecule has 1 aliphatic carbocycles. The molecule has 4 heteroatoms. The fourth-order valence-electron chi connectivity index (χ4n) is 1.01. The van der Waals surface area contributed by atoms with Gasteiger partial charge < -0.3 is 5.50 Å². The summed E-state index contributed by atoms with van der Waals surface area (Å²) in [5.74, 6) is 0.0226. The molecule has 0 fully saturated rings. The van der Waals surface area contributed by atoms with Gasteiger partial charge in [-0.25, -0.2) is 0 Å². The van der Waals surface area contributed by atoms with Crippen LogP contribution in [-0.2, 0) is 9.59 Å². The lowest BCUT2D eigenvalue weighted by atomic mass is 10.1. The lowest BCUT2D eigenvalue weighted by Crippen LogP contribution is -2.00. The number of carbonyl (C=O) groups is 2. The minimum Gasteiger partial charge on any atom is -0.306 e. The van der Waals surface area contributed by atoms with E-state index in [-0.39, 0.29) is 20.0 Å². The average molecular weight is 183 g/mol. The molecule has 1 aliphatic rings. The van der Waals surface area contributed by atoms with Crippen molar-refractivity contribution >= 4 is 20.0 Å². The lowest BCUT2D eigenvalue weighted by molar-refractivity contribution is -0.113. The van der Waals surface area contributed by atoms with Gasteiger partial charge in [0.25, 0.3) is 0 Å². The van der Waals surface area contributed by atoms with E-state index in [1.807, 2.05) is 0 Å². The molecule has 0 aromatic heterocycles. The van der Waals surface area contributed by atoms with Crippen LogP contribution in [0.1, 0.15) is 13.3 Å². The minimum atomic E-state index is -0.203. The number of allylic oxidation sites excluding steroid dienone is 4. The maximum atomic E-state index is 11.1. The molecule has 0 spiro atoms. The normalized spacial score (nSPS) is 16.5. The van der Waals surface area contributed by atoms with E-state index in [2.05, 4.69) is 0 Å². The third-order valence-corrected chi connectivity index (χ3v) is 2.32. The molecule has 12 heavy (non-hydrogen) atoms. The van der Waals surface area contributed by atoms with Gasteiger partial charge in [0.1, 0.15) is 0 Å². The van der Waals surface area contributed by atoms with Crippen LogP contribution < -0.4 is 5.50 Å². The number of Topliss-reactive ketones (excluding diaryl/α,β-unsaturated/α-hetero) is 1. The summed E-state index contributed by atoms with van der Waals surface area (Å²) in [5, 5.41) is 0. The van der Waals surface area contributed by atoms with Crippen LogP contribution in [0.5, 0.6) is 0 Å². The van der Waals surface area contributed by atoms with Crippen molar-refractivity contribution in [2.45, 2.75) is 13.3 Å². The van der Waals surface area contributed by atoms with Crippen molar-refractivity contribution in [3.05, 3.63) is 23.3 Å². The van der Waals surface area contributed by atoms with Crippen LogP contribution in [0.2, 0.25) is 0 Å². The van der Waals surface area contributed by atoms with Gasteiger partial charge in [-0.05, 0) is 12.5 Å². The summed E-state index contributed by atoms with van der Waals surface area (Å²) >= 11 is 0. The van der Waals surface area contributed by atoms with Crippen molar-refractivity contribution in [2.75, 3.05) is 0 Å². The van der Waals surface area contributed by atoms with Crippen LogP contribution in [0.4, 0.5) is 0 Å². The second-order valence-electron chi connectivity index (χ2n) is 2.59. The Labute approximate surface area is 72.5 Å². The Morgan fingerprint density at radius 3 is 2.42 bits per heavy atom. The van der Waals surface area contributed by atoms with Crippen LogP contribution in [0.25, 0.3) is 0 Å². The molecule has 1 rings (SSSR count). The number of hydrogen-bond acceptors (Lipinski definition) is 3. The molecule has 0 saturated heterocycles. The Kier molecular flexibility index (Phi) is 2.90. The summed E-state index contributed by atoms with van der Waals surface area (Å²) in [4.78, 5) is 21.9. The summed E-state index contributed by atoms with van der Waals surface area (Å²) < 4.78 is 0. The number of hydrogen-bond donors (Lipinski definition) is 1. The lowest BCUT2D eigenvalue weighted by Gasteiger charge is -1.98. The second kappa shape index (κ2) is 3.74. The molecule has 64 valence electrons. The molecule has 0 heterocycles. The van der Waals surface area contributed by atoms with E-state index in [4.69, 9.17) is 5.50 Å².